The topological polar surface area (TPSA) is 75.3 Å². The average Bonchev–Trinajstić information content (AvgIpc) is 2.78. The van der Waals surface area contributed by atoms with Crippen LogP contribution in [0.15, 0.2) is 88.2 Å². The summed E-state index contributed by atoms with van der Waals surface area (Å²) in [5.41, 5.74) is 3.03. The van der Waals surface area contributed by atoms with Crippen LogP contribution >= 0.6 is 15.9 Å². The summed E-state index contributed by atoms with van der Waals surface area (Å²) in [6.07, 6.45) is 1.50. The van der Waals surface area contributed by atoms with Crippen molar-refractivity contribution in [2.45, 2.75) is 37.1 Å². The standard InChI is InChI=1S/C25H27BrN2O3S/c1-19(22-8-5-9-23(26)18-22)28-25(29)15-12-21-10-13-24(14-11-21)32(30,31)27-17-16-20-6-3-2-4-7-20/h2-11,13-14,18-19,27H,12,15-17H2,1H3,(H,28,29). The van der Waals surface area contributed by atoms with Crippen LogP contribution in [0.3, 0.4) is 0 Å². The minimum atomic E-state index is -3.56. The quantitative estimate of drug-likeness (QED) is 0.408. The van der Waals surface area contributed by atoms with Gasteiger partial charge >= 0.3 is 0 Å². The Labute approximate surface area is 198 Å². The van der Waals surface area contributed by atoms with Crippen molar-refractivity contribution in [2.24, 2.45) is 0 Å². The summed E-state index contributed by atoms with van der Waals surface area (Å²) in [6.45, 7) is 2.29. The van der Waals surface area contributed by atoms with Crippen LogP contribution in [-0.2, 0) is 27.7 Å². The molecule has 2 N–H and O–H groups in total. The second-order valence-electron chi connectivity index (χ2n) is 7.62. The Bertz CT molecular complexity index is 1130. The zero-order valence-electron chi connectivity index (χ0n) is 17.9. The largest absolute Gasteiger partial charge is 0.350 e. The first-order valence-electron chi connectivity index (χ1n) is 10.5. The smallest absolute Gasteiger partial charge is 0.240 e. The van der Waals surface area contributed by atoms with E-state index in [1.165, 1.54) is 0 Å². The Morgan fingerprint density at radius 2 is 1.59 bits per heavy atom. The maximum absolute atomic E-state index is 12.5. The highest BCUT2D eigenvalue weighted by Gasteiger charge is 2.14. The van der Waals surface area contributed by atoms with Gasteiger partial charge in [0.1, 0.15) is 0 Å². The van der Waals surface area contributed by atoms with E-state index in [4.69, 9.17) is 0 Å². The molecule has 32 heavy (non-hydrogen) atoms. The molecule has 3 aromatic carbocycles. The second kappa shape index (κ2) is 11.4. The van der Waals surface area contributed by atoms with E-state index in [1.807, 2.05) is 61.5 Å². The number of nitrogens with one attached hydrogen (secondary N) is 2. The molecule has 3 rings (SSSR count). The lowest BCUT2D eigenvalue weighted by molar-refractivity contribution is -0.121. The third kappa shape index (κ3) is 7.29. The Balaban J connectivity index is 1.47. The monoisotopic (exact) mass is 514 g/mol. The van der Waals surface area contributed by atoms with Crippen LogP contribution in [0.1, 0.15) is 36.1 Å². The van der Waals surface area contributed by atoms with Crippen LogP contribution in [-0.4, -0.2) is 20.9 Å². The number of aryl methyl sites for hydroxylation is 1. The number of amides is 1. The van der Waals surface area contributed by atoms with Crippen molar-refractivity contribution < 1.29 is 13.2 Å². The highest BCUT2D eigenvalue weighted by atomic mass is 79.9. The van der Waals surface area contributed by atoms with Gasteiger partial charge in [0.25, 0.3) is 0 Å². The summed E-state index contributed by atoms with van der Waals surface area (Å²) in [4.78, 5) is 12.5. The molecule has 0 saturated carbocycles. The van der Waals surface area contributed by atoms with Gasteiger partial charge in [0.15, 0.2) is 0 Å². The third-order valence-corrected chi connectivity index (χ3v) is 7.12. The fourth-order valence-electron chi connectivity index (χ4n) is 3.32. The number of hydrogen-bond donors (Lipinski definition) is 2. The number of hydrogen-bond acceptors (Lipinski definition) is 3. The van der Waals surface area contributed by atoms with Crippen molar-refractivity contribution in [1.29, 1.82) is 0 Å². The van der Waals surface area contributed by atoms with Gasteiger partial charge < -0.3 is 5.32 Å². The van der Waals surface area contributed by atoms with E-state index >= 15 is 0 Å². The van der Waals surface area contributed by atoms with Crippen LogP contribution < -0.4 is 10.0 Å². The van der Waals surface area contributed by atoms with Crippen molar-refractivity contribution in [3.8, 4) is 0 Å². The Hall–Kier alpha value is -2.48. The predicted octanol–water partition coefficient (Wildman–Crippen LogP) is 4.78. The zero-order chi connectivity index (χ0) is 23.0. The number of carbonyl (C=O) groups excluding carboxylic acids is 1. The van der Waals surface area contributed by atoms with Gasteiger partial charge in [-0.15, -0.1) is 0 Å². The summed E-state index contributed by atoms with van der Waals surface area (Å²) in [6, 6.07) is 24.2. The molecule has 0 fully saturated rings. The summed E-state index contributed by atoms with van der Waals surface area (Å²) in [7, 11) is -3.56. The van der Waals surface area contributed by atoms with E-state index in [0.29, 0.717) is 25.8 Å². The summed E-state index contributed by atoms with van der Waals surface area (Å²) in [5, 5.41) is 3.00. The lowest BCUT2D eigenvalue weighted by atomic mass is 10.1. The van der Waals surface area contributed by atoms with Crippen molar-refractivity contribution in [3.63, 3.8) is 0 Å². The average molecular weight is 515 g/mol. The molecule has 0 aliphatic carbocycles. The Morgan fingerprint density at radius 1 is 0.906 bits per heavy atom. The molecule has 1 atom stereocenters. The van der Waals surface area contributed by atoms with E-state index in [9.17, 15) is 13.2 Å². The predicted molar refractivity (Wildman–Crippen MR) is 131 cm³/mol. The fraction of sp³-hybridized carbons (Fsp3) is 0.240. The summed E-state index contributed by atoms with van der Waals surface area (Å²) in [5.74, 6) is -0.0447. The van der Waals surface area contributed by atoms with Gasteiger partial charge in [0.2, 0.25) is 15.9 Å². The molecule has 168 valence electrons. The molecule has 1 unspecified atom stereocenters. The highest BCUT2D eigenvalue weighted by Crippen LogP contribution is 2.18. The van der Waals surface area contributed by atoms with Crippen molar-refractivity contribution in [2.75, 3.05) is 6.54 Å². The van der Waals surface area contributed by atoms with Gasteiger partial charge in [0.05, 0.1) is 10.9 Å². The molecule has 0 aliphatic heterocycles. The molecule has 0 aliphatic rings. The molecular formula is C25H27BrN2O3S. The van der Waals surface area contributed by atoms with Crippen molar-refractivity contribution in [3.05, 3.63) is 100 Å². The first-order valence-corrected chi connectivity index (χ1v) is 12.8. The minimum Gasteiger partial charge on any atom is -0.350 e. The van der Waals surface area contributed by atoms with Crippen molar-refractivity contribution in [1.82, 2.24) is 10.0 Å². The number of carbonyl (C=O) groups is 1. The molecule has 0 heterocycles. The van der Waals surface area contributed by atoms with E-state index in [0.717, 1.165) is 21.2 Å². The molecule has 3 aromatic rings. The third-order valence-electron chi connectivity index (χ3n) is 5.15. The number of rotatable bonds is 10. The first kappa shape index (κ1) is 24.2. The normalized spacial score (nSPS) is 12.3. The molecular weight excluding hydrogens is 488 g/mol. The maximum Gasteiger partial charge on any atom is 0.240 e. The summed E-state index contributed by atoms with van der Waals surface area (Å²) >= 11 is 3.44. The minimum absolute atomic E-state index is 0.0447. The lowest BCUT2D eigenvalue weighted by Gasteiger charge is -2.15. The van der Waals surface area contributed by atoms with Gasteiger partial charge in [-0.25, -0.2) is 13.1 Å². The maximum atomic E-state index is 12.5. The molecule has 5 nitrogen and oxygen atoms in total. The van der Waals surface area contributed by atoms with Gasteiger partial charge in [-0.1, -0.05) is 70.5 Å². The van der Waals surface area contributed by atoms with Crippen molar-refractivity contribution >= 4 is 31.9 Å². The molecule has 1 amide bonds. The van der Waals surface area contributed by atoms with Crippen LogP contribution in [0.4, 0.5) is 0 Å². The number of halogens is 1. The van der Waals surface area contributed by atoms with Crippen LogP contribution in [0.25, 0.3) is 0 Å². The van der Waals surface area contributed by atoms with E-state index < -0.39 is 10.0 Å². The van der Waals surface area contributed by atoms with Crippen LogP contribution in [0.5, 0.6) is 0 Å². The lowest BCUT2D eigenvalue weighted by Crippen LogP contribution is -2.27. The first-order chi connectivity index (χ1) is 15.3. The number of sulfonamides is 1. The van der Waals surface area contributed by atoms with Gasteiger partial charge in [0, 0.05) is 17.4 Å². The molecule has 0 bridgehead atoms. The van der Waals surface area contributed by atoms with Gasteiger partial charge in [-0.3, -0.25) is 4.79 Å². The Morgan fingerprint density at radius 3 is 2.28 bits per heavy atom. The van der Waals surface area contributed by atoms with Gasteiger partial charge in [-0.05, 0) is 60.7 Å². The summed E-state index contributed by atoms with van der Waals surface area (Å²) < 4.78 is 28.6. The SMILES string of the molecule is CC(NC(=O)CCc1ccc(S(=O)(=O)NCCc2ccccc2)cc1)c1cccc(Br)c1. The fourth-order valence-corrected chi connectivity index (χ4v) is 4.77. The molecule has 0 spiro atoms. The van der Waals surface area contributed by atoms with Crippen LogP contribution in [0.2, 0.25) is 0 Å². The van der Waals surface area contributed by atoms with E-state index in [2.05, 4.69) is 26.0 Å². The molecule has 0 radical (unpaired) electrons. The zero-order valence-corrected chi connectivity index (χ0v) is 20.3. The highest BCUT2D eigenvalue weighted by molar-refractivity contribution is 9.10. The Kier molecular flexibility index (Phi) is 8.61. The van der Waals surface area contributed by atoms with Crippen LogP contribution in [0, 0.1) is 0 Å². The van der Waals surface area contributed by atoms with Gasteiger partial charge in [-0.2, -0.15) is 0 Å². The molecule has 0 saturated heterocycles. The number of benzene rings is 3. The van der Waals surface area contributed by atoms with E-state index in [-0.39, 0.29) is 16.8 Å². The van der Waals surface area contributed by atoms with E-state index in [1.54, 1.807) is 24.3 Å². The molecule has 7 heteroatoms. The molecule has 0 aromatic heterocycles. The second-order valence-corrected chi connectivity index (χ2v) is 10.3.